The molecule has 2 aromatic heterocycles. The minimum atomic E-state index is -0.635. The molecule has 290 valence electrons. The molecule has 4 nitrogen and oxygen atoms in total. The second kappa shape index (κ2) is 14.5. The van der Waals surface area contributed by atoms with E-state index in [2.05, 4.69) is 199 Å². The van der Waals surface area contributed by atoms with E-state index < -0.39 is 5.41 Å². The van der Waals surface area contributed by atoms with E-state index in [1.165, 1.54) is 44.1 Å². The lowest BCUT2D eigenvalue weighted by Crippen LogP contribution is -2.28. The molecule has 1 aliphatic carbocycles. The average Bonchev–Trinajstić information content (AvgIpc) is 3.85. The Morgan fingerprint density at radius 3 is 1.48 bits per heavy atom. The van der Waals surface area contributed by atoms with Crippen LogP contribution >= 0.6 is 0 Å². The molecule has 0 radical (unpaired) electrons. The zero-order chi connectivity index (χ0) is 41.0. The van der Waals surface area contributed by atoms with E-state index in [4.69, 9.17) is 15.0 Å². The predicted molar refractivity (Wildman–Crippen MR) is 253 cm³/mol. The van der Waals surface area contributed by atoms with Crippen LogP contribution in [0.25, 0.3) is 83.9 Å². The summed E-state index contributed by atoms with van der Waals surface area (Å²) in [5, 5.41) is 2.41. The summed E-state index contributed by atoms with van der Waals surface area (Å²) in [6, 6.07) is 82.4. The first-order valence-electron chi connectivity index (χ1n) is 21.1. The van der Waals surface area contributed by atoms with Crippen LogP contribution in [0, 0.1) is 0 Å². The van der Waals surface area contributed by atoms with Crippen LogP contribution in [-0.4, -0.2) is 19.5 Å². The van der Waals surface area contributed by atoms with Crippen molar-refractivity contribution < 1.29 is 0 Å². The van der Waals surface area contributed by atoms with Gasteiger partial charge in [-0.15, -0.1) is 0 Å². The summed E-state index contributed by atoms with van der Waals surface area (Å²) in [6.45, 7) is 0. The third-order valence-electron chi connectivity index (χ3n) is 12.5. The standard InChI is InChI=1S/C58H38N4/c1-6-20-39(21-7-1)55-59-56(40-22-8-2-9-23-40)61-57(60-55)49-37-42(41-34-35-53-48(36-41)46-30-17-19-33-52(46)62(53)45-28-14-5-15-29-45)38-51-54(49)47-31-16-18-32-50(47)58(51,43-24-10-3-11-25-43)44-26-12-4-13-27-44/h1-38H. The molecule has 2 heterocycles. The fourth-order valence-electron chi connectivity index (χ4n) is 9.85. The molecule has 0 N–H and O–H groups in total. The Morgan fingerprint density at radius 2 is 0.839 bits per heavy atom. The molecular formula is C58H38N4. The van der Waals surface area contributed by atoms with Gasteiger partial charge in [0.25, 0.3) is 0 Å². The molecular weight excluding hydrogens is 753 g/mol. The van der Waals surface area contributed by atoms with Crippen molar-refractivity contribution in [2.75, 3.05) is 0 Å². The van der Waals surface area contributed by atoms with Crippen LogP contribution in [0.3, 0.4) is 0 Å². The largest absolute Gasteiger partial charge is 0.309 e. The van der Waals surface area contributed by atoms with Crippen LogP contribution in [0.4, 0.5) is 0 Å². The van der Waals surface area contributed by atoms with E-state index in [0.717, 1.165) is 44.6 Å². The molecule has 11 aromatic rings. The number of hydrogen-bond donors (Lipinski definition) is 0. The molecule has 62 heavy (non-hydrogen) atoms. The van der Waals surface area contributed by atoms with Crippen molar-refractivity contribution in [1.29, 1.82) is 0 Å². The van der Waals surface area contributed by atoms with Crippen LogP contribution < -0.4 is 0 Å². The summed E-state index contributed by atoms with van der Waals surface area (Å²) < 4.78 is 2.37. The first kappa shape index (κ1) is 35.7. The second-order valence-electron chi connectivity index (χ2n) is 15.9. The molecule has 0 amide bonds. The predicted octanol–water partition coefficient (Wildman–Crippen LogP) is 14.0. The second-order valence-corrected chi connectivity index (χ2v) is 15.9. The van der Waals surface area contributed by atoms with Gasteiger partial charge in [0, 0.05) is 33.2 Å². The minimum absolute atomic E-state index is 0.629. The first-order chi connectivity index (χ1) is 30.8. The normalized spacial score (nSPS) is 12.6. The Balaban J connectivity index is 1.20. The van der Waals surface area contributed by atoms with E-state index in [9.17, 15) is 0 Å². The van der Waals surface area contributed by atoms with Crippen molar-refractivity contribution in [3.63, 3.8) is 0 Å². The summed E-state index contributed by atoms with van der Waals surface area (Å²) in [7, 11) is 0. The van der Waals surface area contributed by atoms with Gasteiger partial charge in [0.05, 0.1) is 16.4 Å². The molecule has 0 unspecified atom stereocenters. The maximum absolute atomic E-state index is 5.38. The lowest BCUT2D eigenvalue weighted by molar-refractivity contribution is 0.769. The summed E-state index contributed by atoms with van der Waals surface area (Å²) >= 11 is 0. The van der Waals surface area contributed by atoms with Crippen molar-refractivity contribution in [1.82, 2.24) is 19.5 Å². The molecule has 1 aliphatic rings. The van der Waals surface area contributed by atoms with Gasteiger partial charge in [0.1, 0.15) is 0 Å². The van der Waals surface area contributed by atoms with Gasteiger partial charge in [0.2, 0.25) is 0 Å². The van der Waals surface area contributed by atoms with Gasteiger partial charge in [-0.05, 0) is 87.0 Å². The van der Waals surface area contributed by atoms with Gasteiger partial charge < -0.3 is 4.57 Å². The van der Waals surface area contributed by atoms with Gasteiger partial charge in [-0.25, -0.2) is 15.0 Å². The summed E-state index contributed by atoms with van der Waals surface area (Å²) in [5.41, 5.74) is 15.0. The van der Waals surface area contributed by atoms with E-state index in [1.807, 2.05) is 36.4 Å². The number of para-hydroxylation sites is 2. The lowest BCUT2D eigenvalue weighted by Gasteiger charge is -2.34. The Bertz CT molecular complexity index is 3340. The van der Waals surface area contributed by atoms with Crippen LogP contribution in [0.1, 0.15) is 22.3 Å². The highest BCUT2D eigenvalue weighted by molar-refractivity contribution is 6.10. The van der Waals surface area contributed by atoms with E-state index >= 15 is 0 Å². The van der Waals surface area contributed by atoms with Crippen molar-refractivity contribution in [3.8, 4) is 62.1 Å². The topological polar surface area (TPSA) is 43.6 Å². The number of hydrogen-bond acceptors (Lipinski definition) is 3. The fraction of sp³-hybridized carbons (Fsp3) is 0.0172. The lowest BCUT2D eigenvalue weighted by atomic mass is 9.67. The van der Waals surface area contributed by atoms with Gasteiger partial charge in [-0.2, -0.15) is 0 Å². The Labute approximate surface area is 360 Å². The molecule has 0 fully saturated rings. The van der Waals surface area contributed by atoms with Crippen molar-refractivity contribution in [2.45, 2.75) is 5.41 Å². The molecule has 9 aromatic carbocycles. The molecule has 0 bridgehead atoms. The molecule has 0 spiro atoms. The number of fused-ring (bicyclic) bond motifs is 6. The summed E-state index contributed by atoms with van der Waals surface area (Å²) in [6.07, 6.45) is 0. The number of rotatable bonds is 7. The fourth-order valence-corrected chi connectivity index (χ4v) is 9.85. The Kier molecular flexibility index (Phi) is 8.36. The van der Waals surface area contributed by atoms with Gasteiger partial charge in [-0.1, -0.05) is 188 Å². The van der Waals surface area contributed by atoms with Crippen LogP contribution in [-0.2, 0) is 5.41 Å². The quantitative estimate of drug-likeness (QED) is 0.161. The Hall–Kier alpha value is -8.21. The Morgan fingerprint density at radius 1 is 0.323 bits per heavy atom. The monoisotopic (exact) mass is 790 g/mol. The molecule has 0 atom stereocenters. The highest BCUT2D eigenvalue weighted by Gasteiger charge is 2.47. The van der Waals surface area contributed by atoms with Gasteiger partial charge in [-0.3, -0.25) is 0 Å². The zero-order valence-electron chi connectivity index (χ0n) is 33.7. The van der Waals surface area contributed by atoms with E-state index in [0.29, 0.717) is 17.5 Å². The average molecular weight is 791 g/mol. The first-order valence-corrected chi connectivity index (χ1v) is 21.1. The smallest absolute Gasteiger partial charge is 0.164 e. The van der Waals surface area contributed by atoms with E-state index in [1.54, 1.807) is 0 Å². The summed E-state index contributed by atoms with van der Waals surface area (Å²) in [5.74, 6) is 1.89. The number of benzene rings is 9. The van der Waals surface area contributed by atoms with Crippen molar-refractivity contribution >= 4 is 21.8 Å². The maximum atomic E-state index is 5.38. The molecule has 12 rings (SSSR count). The highest BCUT2D eigenvalue weighted by Crippen LogP contribution is 2.59. The molecule has 0 saturated heterocycles. The van der Waals surface area contributed by atoms with Gasteiger partial charge >= 0.3 is 0 Å². The zero-order valence-corrected chi connectivity index (χ0v) is 33.7. The third kappa shape index (κ3) is 5.58. The molecule has 0 saturated carbocycles. The maximum Gasteiger partial charge on any atom is 0.164 e. The van der Waals surface area contributed by atoms with Crippen molar-refractivity contribution in [2.24, 2.45) is 0 Å². The minimum Gasteiger partial charge on any atom is -0.309 e. The molecule has 4 heteroatoms. The van der Waals surface area contributed by atoms with E-state index in [-0.39, 0.29) is 0 Å². The van der Waals surface area contributed by atoms with Crippen LogP contribution in [0.5, 0.6) is 0 Å². The summed E-state index contributed by atoms with van der Waals surface area (Å²) in [4.78, 5) is 15.9. The van der Waals surface area contributed by atoms with Crippen LogP contribution in [0.2, 0.25) is 0 Å². The number of aromatic nitrogens is 4. The van der Waals surface area contributed by atoms with Crippen molar-refractivity contribution in [3.05, 3.63) is 253 Å². The van der Waals surface area contributed by atoms with Gasteiger partial charge in [0.15, 0.2) is 17.5 Å². The number of nitrogens with zero attached hydrogens (tertiary/aromatic N) is 4. The highest BCUT2D eigenvalue weighted by atomic mass is 15.0. The third-order valence-corrected chi connectivity index (χ3v) is 12.5. The van der Waals surface area contributed by atoms with Crippen LogP contribution in [0.15, 0.2) is 231 Å². The molecule has 0 aliphatic heterocycles. The SMILES string of the molecule is c1ccc(-c2nc(-c3ccccc3)nc(-c3cc(-c4ccc5c(c4)c4ccccc4n5-c4ccccc4)cc4c3-c3ccccc3C4(c3ccccc3)c3ccccc3)n2)cc1.